The number of nitrogens with two attached hydrogens (primary N) is 1. The highest BCUT2D eigenvalue weighted by Gasteiger charge is 2.50. The predicted octanol–water partition coefficient (Wildman–Crippen LogP) is 4.35. The van der Waals surface area contributed by atoms with Crippen molar-refractivity contribution in [3.8, 4) is 11.5 Å². The highest BCUT2D eigenvalue weighted by molar-refractivity contribution is 7.10. The third kappa shape index (κ3) is 7.43. The van der Waals surface area contributed by atoms with E-state index >= 15 is 0 Å². The standard InChI is InChI=1S/C28H27F4N5O4S/c1-15(23-10-17(14-42-23)25(33)34)36-27(40)22-11-18(28(30,31)32)13-37(22)24(38)12-35-26(39)16-2-6-20(7-3-16)41-21-8-4-19(29)5-9-21/h2-10,14-15,18,22H,11-13H2,1H3,(H3,33,34)(H,35,39)(H,36,40)/t15-,18-,22+/m1/s1. The Morgan fingerprint density at radius 2 is 1.71 bits per heavy atom. The average Bonchev–Trinajstić information content (AvgIpc) is 3.62. The molecular formula is C28H27F4N5O4S. The Kier molecular flexibility index (Phi) is 9.14. The maximum Gasteiger partial charge on any atom is 0.393 e. The average molecular weight is 606 g/mol. The largest absolute Gasteiger partial charge is 0.457 e. The topological polar surface area (TPSA) is 138 Å². The Balaban J connectivity index is 1.37. The molecule has 2 heterocycles. The smallest absolute Gasteiger partial charge is 0.393 e. The lowest BCUT2D eigenvalue weighted by Crippen LogP contribution is -2.49. The van der Waals surface area contributed by atoms with Gasteiger partial charge >= 0.3 is 6.18 Å². The molecule has 1 aliphatic heterocycles. The van der Waals surface area contributed by atoms with Gasteiger partial charge in [0, 0.05) is 27.9 Å². The number of hydrogen-bond acceptors (Lipinski definition) is 6. The second kappa shape index (κ2) is 12.6. The lowest BCUT2D eigenvalue weighted by Gasteiger charge is -2.25. The molecule has 2 aromatic carbocycles. The number of rotatable bonds is 9. The van der Waals surface area contributed by atoms with Crippen LogP contribution in [0.25, 0.3) is 0 Å². The van der Waals surface area contributed by atoms with Crippen LogP contribution >= 0.6 is 11.3 Å². The normalized spacial score (nSPS) is 17.4. The Morgan fingerprint density at radius 1 is 1.10 bits per heavy atom. The number of nitrogens with zero attached hydrogens (tertiary/aromatic N) is 1. The number of ether oxygens (including phenoxy) is 1. The van der Waals surface area contributed by atoms with Crippen LogP contribution in [0, 0.1) is 17.1 Å². The van der Waals surface area contributed by atoms with Gasteiger partial charge in [-0.15, -0.1) is 11.3 Å². The van der Waals surface area contributed by atoms with Gasteiger partial charge in [-0.1, -0.05) is 0 Å². The van der Waals surface area contributed by atoms with Crippen molar-refractivity contribution in [2.75, 3.05) is 13.1 Å². The van der Waals surface area contributed by atoms with E-state index in [9.17, 15) is 31.9 Å². The zero-order chi connectivity index (χ0) is 30.6. The summed E-state index contributed by atoms with van der Waals surface area (Å²) in [5.41, 5.74) is 6.08. The van der Waals surface area contributed by atoms with E-state index in [1.807, 2.05) is 0 Å². The first kappa shape index (κ1) is 30.5. The number of nitrogen functional groups attached to an aromatic ring is 1. The van der Waals surface area contributed by atoms with E-state index in [1.165, 1.54) is 59.9 Å². The number of amides is 3. The minimum absolute atomic E-state index is 0.159. The van der Waals surface area contributed by atoms with E-state index in [-0.39, 0.29) is 11.4 Å². The Labute approximate surface area is 242 Å². The fourth-order valence-electron chi connectivity index (χ4n) is 4.37. The van der Waals surface area contributed by atoms with E-state index in [0.717, 1.165) is 4.90 Å². The Morgan fingerprint density at radius 3 is 2.29 bits per heavy atom. The molecule has 0 radical (unpaired) electrons. The van der Waals surface area contributed by atoms with Crippen LogP contribution in [0.4, 0.5) is 17.6 Å². The summed E-state index contributed by atoms with van der Waals surface area (Å²) in [6, 6.07) is 10.8. The molecule has 9 nitrogen and oxygen atoms in total. The summed E-state index contributed by atoms with van der Waals surface area (Å²) < 4.78 is 59.3. The number of carbonyl (C=O) groups is 3. The molecule has 1 fully saturated rings. The Bertz CT molecular complexity index is 1460. The first-order valence-corrected chi connectivity index (χ1v) is 13.6. The predicted molar refractivity (Wildman–Crippen MR) is 147 cm³/mol. The minimum Gasteiger partial charge on any atom is -0.457 e. The van der Waals surface area contributed by atoms with Crippen LogP contribution in [0.5, 0.6) is 11.5 Å². The van der Waals surface area contributed by atoms with Crippen molar-refractivity contribution in [3.05, 3.63) is 81.8 Å². The van der Waals surface area contributed by atoms with Crippen molar-refractivity contribution in [2.24, 2.45) is 11.7 Å². The van der Waals surface area contributed by atoms with E-state index in [1.54, 1.807) is 18.4 Å². The molecular weight excluding hydrogens is 578 g/mol. The molecule has 3 atom stereocenters. The molecule has 5 N–H and O–H groups in total. The summed E-state index contributed by atoms with van der Waals surface area (Å²) >= 11 is 1.23. The van der Waals surface area contributed by atoms with Crippen LogP contribution < -0.4 is 21.1 Å². The number of thiophene rings is 1. The van der Waals surface area contributed by atoms with Gasteiger partial charge in [0.05, 0.1) is 18.5 Å². The maximum absolute atomic E-state index is 13.6. The molecule has 1 aromatic heterocycles. The van der Waals surface area contributed by atoms with Crippen molar-refractivity contribution >= 4 is 34.9 Å². The molecule has 0 aliphatic carbocycles. The molecule has 222 valence electrons. The SMILES string of the molecule is C[C@@H](NC(=O)[C@@H]1C[C@@H](C(F)(F)F)CN1C(=O)CNC(=O)c1ccc(Oc2ccc(F)cc2)cc1)c1cc(C(=N)N)cs1. The summed E-state index contributed by atoms with van der Waals surface area (Å²) in [7, 11) is 0. The second-order valence-corrected chi connectivity index (χ2v) is 10.6. The molecule has 0 saturated carbocycles. The molecule has 4 rings (SSSR count). The maximum atomic E-state index is 13.6. The molecule has 14 heteroatoms. The summed E-state index contributed by atoms with van der Waals surface area (Å²) in [6.45, 7) is 0.295. The van der Waals surface area contributed by atoms with Crippen molar-refractivity contribution in [1.82, 2.24) is 15.5 Å². The first-order valence-electron chi connectivity index (χ1n) is 12.7. The number of benzene rings is 2. The quantitative estimate of drug-likeness (QED) is 0.163. The van der Waals surface area contributed by atoms with E-state index in [2.05, 4.69) is 10.6 Å². The number of halogens is 4. The fraction of sp³-hybridized carbons (Fsp3) is 0.286. The number of nitrogens with one attached hydrogen (secondary N) is 3. The third-order valence-electron chi connectivity index (χ3n) is 6.67. The first-order chi connectivity index (χ1) is 19.8. The molecule has 1 saturated heterocycles. The van der Waals surface area contributed by atoms with E-state index < -0.39 is 67.2 Å². The van der Waals surface area contributed by atoms with E-state index in [0.29, 0.717) is 21.9 Å². The fourth-order valence-corrected chi connectivity index (χ4v) is 5.29. The van der Waals surface area contributed by atoms with Crippen LogP contribution in [0.2, 0.25) is 0 Å². The molecule has 0 spiro atoms. The number of likely N-dealkylation sites (tertiary alicyclic amines) is 1. The van der Waals surface area contributed by atoms with Gasteiger partial charge in [-0.3, -0.25) is 19.8 Å². The number of carbonyl (C=O) groups excluding carboxylic acids is 3. The summed E-state index contributed by atoms with van der Waals surface area (Å²) in [5.74, 6) is -3.99. The molecule has 0 unspecified atom stereocenters. The molecule has 42 heavy (non-hydrogen) atoms. The van der Waals surface area contributed by atoms with Gasteiger partial charge in [-0.25, -0.2) is 4.39 Å². The lowest BCUT2D eigenvalue weighted by molar-refractivity contribution is -0.171. The molecule has 3 aromatic rings. The van der Waals surface area contributed by atoms with Crippen molar-refractivity contribution in [2.45, 2.75) is 31.6 Å². The third-order valence-corrected chi connectivity index (χ3v) is 7.78. The van der Waals surface area contributed by atoms with E-state index in [4.69, 9.17) is 15.9 Å². The zero-order valence-corrected chi connectivity index (χ0v) is 23.0. The summed E-state index contributed by atoms with van der Waals surface area (Å²) in [6.07, 6.45) is -5.23. The van der Waals surface area contributed by atoms with Crippen molar-refractivity contribution in [1.29, 1.82) is 5.41 Å². The molecule has 1 aliphatic rings. The van der Waals surface area contributed by atoms with Crippen LogP contribution in [0.3, 0.4) is 0 Å². The number of hydrogen-bond donors (Lipinski definition) is 4. The number of amidine groups is 1. The van der Waals surface area contributed by atoms with Gasteiger partial charge in [0.2, 0.25) is 11.8 Å². The minimum atomic E-state index is -4.62. The van der Waals surface area contributed by atoms with Crippen LogP contribution in [0.1, 0.15) is 40.2 Å². The van der Waals surface area contributed by atoms with Crippen molar-refractivity contribution < 1.29 is 36.7 Å². The van der Waals surface area contributed by atoms with Gasteiger partial charge in [0.15, 0.2) is 0 Å². The highest BCUT2D eigenvalue weighted by atomic mass is 32.1. The number of alkyl halides is 3. The lowest BCUT2D eigenvalue weighted by atomic mass is 10.0. The van der Waals surface area contributed by atoms with Crippen LogP contribution in [-0.4, -0.2) is 53.8 Å². The van der Waals surface area contributed by atoms with Gasteiger partial charge < -0.3 is 26.0 Å². The second-order valence-electron chi connectivity index (χ2n) is 9.68. The van der Waals surface area contributed by atoms with Gasteiger partial charge in [0.25, 0.3) is 5.91 Å². The monoisotopic (exact) mass is 605 g/mol. The zero-order valence-electron chi connectivity index (χ0n) is 22.2. The van der Waals surface area contributed by atoms with Gasteiger partial charge in [0.1, 0.15) is 29.2 Å². The van der Waals surface area contributed by atoms with Gasteiger partial charge in [-0.2, -0.15) is 13.2 Å². The van der Waals surface area contributed by atoms with Crippen molar-refractivity contribution in [3.63, 3.8) is 0 Å². The van der Waals surface area contributed by atoms with Crippen LogP contribution in [-0.2, 0) is 9.59 Å². The highest BCUT2D eigenvalue weighted by Crippen LogP contribution is 2.37. The summed E-state index contributed by atoms with van der Waals surface area (Å²) in [4.78, 5) is 40.1. The molecule has 3 amide bonds. The van der Waals surface area contributed by atoms with Crippen LogP contribution in [0.15, 0.2) is 60.0 Å². The summed E-state index contributed by atoms with van der Waals surface area (Å²) in [5, 5.41) is 14.2. The van der Waals surface area contributed by atoms with Gasteiger partial charge in [-0.05, 0) is 67.9 Å². The Hall–Kier alpha value is -4.46. The molecule has 0 bridgehead atoms.